The average molecular weight is 266 g/mol. The first-order chi connectivity index (χ1) is 9.10. The van der Waals surface area contributed by atoms with Crippen LogP contribution in [0.4, 0.5) is 0 Å². The molecule has 1 aliphatic heterocycles. The lowest BCUT2D eigenvalue weighted by Gasteiger charge is -2.32. The summed E-state index contributed by atoms with van der Waals surface area (Å²) in [6.07, 6.45) is 0. The highest BCUT2D eigenvalue weighted by molar-refractivity contribution is 5.87. The number of carbonyl (C=O) groups excluding carboxylic acids is 1. The number of likely N-dealkylation sites (N-methyl/N-ethyl adjacent to an activating group) is 1. The summed E-state index contributed by atoms with van der Waals surface area (Å²) >= 11 is 0. The molecule has 2 rings (SSSR count). The van der Waals surface area contributed by atoms with Gasteiger partial charge in [0.05, 0.1) is 12.3 Å². The van der Waals surface area contributed by atoms with Gasteiger partial charge in [0.1, 0.15) is 0 Å². The minimum atomic E-state index is -0.345. The summed E-state index contributed by atoms with van der Waals surface area (Å²) in [6.45, 7) is 7.28. The number of esters is 1. The number of hydrogen-bond acceptors (Lipinski definition) is 5. The third kappa shape index (κ3) is 3.54. The van der Waals surface area contributed by atoms with Gasteiger partial charge in [-0.3, -0.25) is 9.58 Å². The molecule has 1 fully saturated rings. The van der Waals surface area contributed by atoms with Gasteiger partial charge >= 0.3 is 5.97 Å². The Morgan fingerprint density at radius 2 is 2.00 bits per heavy atom. The van der Waals surface area contributed by atoms with Crippen molar-refractivity contribution in [2.24, 2.45) is 7.05 Å². The number of hydrogen-bond donors (Lipinski definition) is 0. The van der Waals surface area contributed by atoms with Crippen molar-refractivity contribution in [1.82, 2.24) is 19.6 Å². The number of ether oxygens (including phenoxy) is 1. The van der Waals surface area contributed by atoms with Crippen LogP contribution < -0.4 is 0 Å². The van der Waals surface area contributed by atoms with E-state index in [4.69, 9.17) is 4.74 Å². The molecule has 1 saturated heterocycles. The molecule has 19 heavy (non-hydrogen) atoms. The van der Waals surface area contributed by atoms with Crippen LogP contribution in [0.1, 0.15) is 23.1 Å². The van der Waals surface area contributed by atoms with E-state index in [1.54, 1.807) is 11.6 Å². The van der Waals surface area contributed by atoms with E-state index in [9.17, 15) is 4.79 Å². The summed E-state index contributed by atoms with van der Waals surface area (Å²) in [5, 5.41) is 4.21. The zero-order valence-corrected chi connectivity index (χ0v) is 11.9. The van der Waals surface area contributed by atoms with Crippen LogP contribution in [-0.4, -0.2) is 65.4 Å². The Morgan fingerprint density at radius 3 is 2.63 bits per heavy atom. The molecule has 1 aromatic rings. The van der Waals surface area contributed by atoms with Crippen molar-refractivity contribution in [3.8, 4) is 0 Å². The van der Waals surface area contributed by atoms with E-state index in [0.717, 1.165) is 38.4 Å². The Bertz CT molecular complexity index is 436. The maximum Gasteiger partial charge on any atom is 0.358 e. The molecule has 0 spiro atoms. The number of nitrogens with zero attached hydrogens (tertiary/aromatic N) is 4. The predicted octanol–water partition coefficient (Wildman–Crippen LogP) is 0.344. The average Bonchev–Trinajstić information content (AvgIpc) is 2.74. The lowest BCUT2D eigenvalue weighted by atomic mass is 10.3. The first-order valence-corrected chi connectivity index (χ1v) is 6.71. The molecule has 106 valence electrons. The monoisotopic (exact) mass is 266 g/mol. The minimum Gasteiger partial charge on any atom is -0.461 e. The maximum absolute atomic E-state index is 11.6. The lowest BCUT2D eigenvalue weighted by molar-refractivity contribution is 0.0518. The summed E-state index contributed by atoms with van der Waals surface area (Å²) in [5.74, 6) is -0.345. The van der Waals surface area contributed by atoms with Gasteiger partial charge in [0.2, 0.25) is 0 Å². The van der Waals surface area contributed by atoms with Crippen molar-refractivity contribution in [1.29, 1.82) is 0 Å². The van der Waals surface area contributed by atoms with E-state index < -0.39 is 0 Å². The van der Waals surface area contributed by atoms with E-state index in [1.807, 2.05) is 13.1 Å². The summed E-state index contributed by atoms with van der Waals surface area (Å²) in [6, 6.07) is 1.83. The minimum absolute atomic E-state index is 0.345. The van der Waals surface area contributed by atoms with E-state index in [1.165, 1.54) is 0 Å². The first-order valence-electron chi connectivity index (χ1n) is 6.71. The molecule has 1 aliphatic rings. The fourth-order valence-electron chi connectivity index (χ4n) is 2.19. The highest BCUT2D eigenvalue weighted by atomic mass is 16.5. The van der Waals surface area contributed by atoms with Crippen molar-refractivity contribution < 1.29 is 9.53 Å². The number of aromatic nitrogens is 2. The topological polar surface area (TPSA) is 50.6 Å². The first kappa shape index (κ1) is 14.0. The molecule has 6 nitrogen and oxygen atoms in total. The largest absolute Gasteiger partial charge is 0.461 e. The van der Waals surface area contributed by atoms with Gasteiger partial charge in [-0.2, -0.15) is 5.10 Å². The van der Waals surface area contributed by atoms with Crippen molar-refractivity contribution in [3.05, 3.63) is 17.5 Å². The number of carbonyl (C=O) groups is 1. The van der Waals surface area contributed by atoms with E-state index in [2.05, 4.69) is 21.9 Å². The van der Waals surface area contributed by atoms with Crippen LogP contribution in [-0.2, 0) is 18.3 Å². The van der Waals surface area contributed by atoms with Gasteiger partial charge in [0.15, 0.2) is 5.69 Å². The zero-order chi connectivity index (χ0) is 13.8. The van der Waals surface area contributed by atoms with Crippen LogP contribution in [0.15, 0.2) is 6.07 Å². The molecule has 6 heteroatoms. The molecule has 0 unspecified atom stereocenters. The number of piperazine rings is 1. The van der Waals surface area contributed by atoms with Crippen molar-refractivity contribution in [2.45, 2.75) is 13.5 Å². The zero-order valence-electron chi connectivity index (χ0n) is 11.9. The van der Waals surface area contributed by atoms with Crippen molar-refractivity contribution in [2.75, 3.05) is 39.8 Å². The highest BCUT2D eigenvalue weighted by Crippen LogP contribution is 2.10. The Hall–Kier alpha value is -1.40. The van der Waals surface area contributed by atoms with Gasteiger partial charge in [-0.1, -0.05) is 0 Å². The molecule has 0 N–H and O–H groups in total. The summed E-state index contributed by atoms with van der Waals surface area (Å²) < 4.78 is 6.73. The van der Waals surface area contributed by atoms with Gasteiger partial charge in [-0.05, 0) is 20.0 Å². The normalized spacial score (nSPS) is 17.6. The molecule has 2 heterocycles. The number of aryl methyl sites for hydroxylation is 1. The van der Waals surface area contributed by atoms with Gasteiger partial charge in [-0.25, -0.2) is 4.79 Å². The lowest BCUT2D eigenvalue weighted by Crippen LogP contribution is -2.44. The third-order valence-corrected chi connectivity index (χ3v) is 3.44. The quantitative estimate of drug-likeness (QED) is 0.736. The fourth-order valence-corrected chi connectivity index (χ4v) is 2.19. The Morgan fingerprint density at radius 1 is 1.32 bits per heavy atom. The second-order valence-corrected chi connectivity index (χ2v) is 4.94. The van der Waals surface area contributed by atoms with E-state index in [-0.39, 0.29) is 5.97 Å². The van der Waals surface area contributed by atoms with Crippen molar-refractivity contribution >= 4 is 5.97 Å². The van der Waals surface area contributed by atoms with Crippen LogP contribution in [0.5, 0.6) is 0 Å². The summed E-state index contributed by atoms with van der Waals surface area (Å²) in [5.41, 5.74) is 1.45. The molecular formula is C13H22N4O2. The molecule has 0 saturated carbocycles. The molecule has 0 radical (unpaired) electrons. The second-order valence-electron chi connectivity index (χ2n) is 4.94. The van der Waals surface area contributed by atoms with Gasteiger partial charge in [0, 0.05) is 39.8 Å². The summed E-state index contributed by atoms with van der Waals surface area (Å²) in [4.78, 5) is 16.3. The number of rotatable bonds is 4. The van der Waals surface area contributed by atoms with Gasteiger partial charge in [0.25, 0.3) is 0 Å². The second kappa shape index (κ2) is 6.16. The third-order valence-electron chi connectivity index (χ3n) is 3.44. The molecule has 0 amide bonds. The van der Waals surface area contributed by atoms with Crippen LogP contribution in [0.25, 0.3) is 0 Å². The highest BCUT2D eigenvalue weighted by Gasteiger charge is 2.18. The van der Waals surface area contributed by atoms with Gasteiger partial charge in [-0.15, -0.1) is 0 Å². The molecule has 0 atom stereocenters. The van der Waals surface area contributed by atoms with Crippen LogP contribution in [0, 0.1) is 0 Å². The van der Waals surface area contributed by atoms with Crippen molar-refractivity contribution in [3.63, 3.8) is 0 Å². The van der Waals surface area contributed by atoms with Crippen LogP contribution in [0.3, 0.4) is 0 Å². The fraction of sp³-hybridized carbons (Fsp3) is 0.692. The molecule has 1 aromatic heterocycles. The standard InChI is InChI=1S/C13H22N4O2/c1-4-19-13(18)12-9-11(16(3)14-12)10-17-7-5-15(2)6-8-17/h9H,4-8,10H2,1-3H3. The Kier molecular flexibility index (Phi) is 4.55. The molecule has 0 aliphatic carbocycles. The predicted molar refractivity (Wildman–Crippen MR) is 71.9 cm³/mol. The smallest absolute Gasteiger partial charge is 0.358 e. The Labute approximate surface area is 113 Å². The maximum atomic E-state index is 11.6. The van der Waals surface area contributed by atoms with Crippen LogP contribution >= 0.6 is 0 Å². The summed E-state index contributed by atoms with van der Waals surface area (Å²) in [7, 11) is 4.01. The molecule has 0 aromatic carbocycles. The Balaban J connectivity index is 1.98. The van der Waals surface area contributed by atoms with Crippen LogP contribution in [0.2, 0.25) is 0 Å². The SMILES string of the molecule is CCOC(=O)c1cc(CN2CCN(C)CC2)n(C)n1. The van der Waals surface area contributed by atoms with Gasteiger partial charge < -0.3 is 9.64 Å². The molecule has 0 bridgehead atoms. The van der Waals surface area contributed by atoms with E-state index in [0.29, 0.717) is 12.3 Å². The molecular weight excluding hydrogens is 244 g/mol. The van der Waals surface area contributed by atoms with E-state index >= 15 is 0 Å².